The maximum atomic E-state index is 9.46. The van der Waals surface area contributed by atoms with E-state index >= 15 is 0 Å². The fraction of sp³-hybridized carbons (Fsp3) is 0.269. The van der Waals surface area contributed by atoms with Crippen molar-refractivity contribution in [2.45, 2.75) is 25.3 Å². The predicted octanol–water partition coefficient (Wildman–Crippen LogP) is 3.48. The number of benzene rings is 1. The molecule has 176 valence electrons. The van der Waals surface area contributed by atoms with Gasteiger partial charge in [0.1, 0.15) is 5.69 Å². The van der Waals surface area contributed by atoms with E-state index in [2.05, 4.69) is 44.0 Å². The van der Waals surface area contributed by atoms with E-state index in [1.807, 2.05) is 44.2 Å². The highest BCUT2D eigenvalue weighted by atomic mass is 16.5. The zero-order chi connectivity index (χ0) is 24.4. The van der Waals surface area contributed by atoms with Gasteiger partial charge in [-0.2, -0.15) is 5.26 Å². The Kier molecular flexibility index (Phi) is 5.99. The van der Waals surface area contributed by atoms with Crippen molar-refractivity contribution in [3.8, 4) is 40.0 Å². The summed E-state index contributed by atoms with van der Waals surface area (Å²) in [5.41, 5.74) is 10.7. The number of nitrogens with two attached hydrogens (primary N) is 1. The van der Waals surface area contributed by atoms with E-state index in [0.29, 0.717) is 34.6 Å². The Morgan fingerprint density at radius 2 is 1.89 bits per heavy atom. The summed E-state index contributed by atoms with van der Waals surface area (Å²) in [4.78, 5) is 13.4. The number of pyridine rings is 1. The minimum Gasteiger partial charge on any atom is -0.382 e. The van der Waals surface area contributed by atoms with E-state index < -0.39 is 5.41 Å². The van der Waals surface area contributed by atoms with Gasteiger partial charge in [-0.1, -0.05) is 29.4 Å². The Balaban J connectivity index is 1.42. The third-order valence-electron chi connectivity index (χ3n) is 6.17. The molecule has 4 aromatic rings. The first kappa shape index (κ1) is 22.7. The van der Waals surface area contributed by atoms with Gasteiger partial charge in [0.2, 0.25) is 0 Å². The van der Waals surface area contributed by atoms with Crippen LogP contribution in [0.25, 0.3) is 34.0 Å². The molecular weight excluding hydrogens is 440 g/mol. The van der Waals surface area contributed by atoms with Crippen molar-refractivity contribution in [2.24, 2.45) is 0 Å². The largest absolute Gasteiger partial charge is 0.382 e. The quantitative estimate of drug-likeness (QED) is 0.403. The minimum atomic E-state index is -0.723. The standard InChI is InChI=1S/C26H26N8O/c1-26(2,15-27)23-11-18(7-8-31-23)21-14-32-25(28)24(33-21)22-12-19(34-35-22)16-3-5-17(6-4-16)20-13-29-9-10-30-20/h3-8,11-12,14,20,29-30H,9-10,13H2,1-2H3,(H2,28,32). The fourth-order valence-electron chi connectivity index (χ4n) is 4.01. The number of nitriles is 1. The Hall–Kier alpha value is -4.13. The van der Waals surface area contributed by atoms with E-state index in [9.17, 15) is 5.26 Å². The van der Waals surface area contributed by atoms with Crippen molar-refractivity contribution in [3.05, 3.63) is 66.1 Å². The Morgan fingerprint density at radius 1 is 1.06 bits per heavy atom. The molecule has 0 amide bonds. The van der Waals surface area contributed by atoms with Gasteiger partial charge in [-0.05, 0) is 31.5 Å². The second kappa shape index (κ2) is 9.25. The first-order valence-corrected chi connectivity index (χ1v) is 11.5. The third kappa shape index (κ3) is 4.62. The number of aromatic nitrogens is 4. The summed E-state index contributed by atoms with van der Waals surface area (Å²) in [6.07, 6.45) is 3.26. The lowest BCUT2D eigenvalue weighted by atomic mass is 9.90. The van der Waals surface area contributed by atoms with E-state index in [0.717, 1.165) is 30.8 Å². The molecule has 9 heteroatoms. The summed E-state index contributed by atoms with van der Waals surface area (Å²) in [7, 11) is 0. The van der Waals surface area contributed by atoms with E-state index in [-0.39, 0.29) is 5.82 Å². The lowest BCUT2D eigenvalue weighted by molar-refractivity contribution is 0.430. The van der Waals surface area contributed by atoms with Gasteiger partial charge in [0, 0.05) is 49.1 Å². The molecule has 0 saturated carbocycles. The molecule has 1 fully saturated rings. The average Bonchev–Trinajstić information content (AvgIpc) is 3.40. The Labute approximate surface area is 203 Å². The van der Waals surface area contributed by atoms with Gasteiger partial charge in [-0.3, -0.25) is 4.98 Å². The van der Waals surface area contributed by atoms with Gasteiger partial charge in [0.15, 0.2) is 17.3 Å². The molecule has 9 nitrogen and oxygen atoms in total. The van der Waals surface area contributed by atoms with Crippen LogP contribution in [0.4, 0.5) is 5.82 Å². The molecule has 0 aliphatic carbocycles. The lowest BCUT2D eigenvalue weighted by Gasteiger charge is -2.24. The lowest BCUT2D eigenvalue weighted by Crippen LogP contribution is -2.42. The summed E-state index contributed by atoms with van der Waals surface area (Å²) in [6, 6.07) is 16.3. The van der Waals surface area contributed by atoms with Crippen molar-refractivity contribution in [1.29, 1.82) is 5.26 Å². The fourth-order valence-corrected chi connectivity index (χ4v) is 4.01. The average molecular weight is 467 g/mol. The number of nitrogens with zero attached hydrogens (tertiary/aromatic N) is 5. The summed E-state index contributed by atoms with van der Waals surface area (Å²) in [5, 5.41) is 20.6. The molecule has 35 heavy (non-hydrogen) atoms. The van der Waals surface area contributed by atoms with Crippen LogP contribution in [-0.2, 0) is 5.41 Å². The predicted molar refractivity (Wildman–Crippen MR) is 133 cm³/mol. The molecule has 1 aliphatic rings. The molecule has 1 aliphatic heterocycles. The maximum absolute atomic E-state index is 9.46. The van der Waals surface area contributed by atoms with Crippen molar-refractivity contribution < 1.29 is 4.52 Å². The normalized spacial score (nSPS) is 16.1. The van der Waals surface area contributed by atoms with Crippen molar-refractivity contribution in [3.63, 3.8) is 0 Å². The van der Waals surface area contributed by atoms with Crippen molar-refractivity contribution >= 4 is 5.82 Å². The summed E-state index contributed by atoms with van der Waals surface area (Å²) in [5.74, 6) is 0.676. The SMILES string of the molecule is CC(C)(C#N)c1cc(-c2cnc(N)c(-c3cc(-c4ccc(C5CNCCN5)cc4)no3)n2)ccn1. The molecule has 0 spiro atoms. The first-order chi connectivity index (χ1) is 16.9. The van der Waals surface area contributed by atoms with Gasteiger partial charge in [-0.15, -0.1) is 0 Å². The van der Waals surface area contributed by atoms with Crippen LogP contribution in [0.1, 0.15) is 31.1 Å². The molecule has 3 aromatic heterocycles. The van der Waals surface area contributed by atoms with E-state index in [4.69, 9.17) is 15.2 Å². The number of nitrogen functional groups attached to an aromatic ring is 1. The zero-order valence-electron chi connectivity index (χ0n) is 19.6. The van der Waals surface area contributed by atoms with Crippen LogP contribution in [0.3, 0.4) is 0 Å². The molecule has 1 atom stereocenters. The number of rotatable bonds is 5. The van der Waals surface area contributed by atoms with Gasteiger partial charge in [0.25, 0.3) is 0 Å². The molecule has 0 bridgehead atoms. The van der Waals surface area contributed by atoms with Crippen molar-refractivity contribution in [1.82, 2.24) is 30.7 Å². The molecule has 4 N–H and O–H groups in total. The van der Waals surface area contributed by atoms with E-state index in [1.54, 1.807) is 12.4 Å². The molecule has 4 heterocycles. The monoisotopic (exact) mass is 466 g/mol. The van der Waals surface area contributed by atoms with Crippen LogP contribution in [0.2, 0.25) is 0 Å². The maximum Gasteiger partial charge on any atom is 0.189 e. The van der Waals surface area contributed by atoms with Crippen LogP contribution >= 0.6 is 0 Å². The third-order valence-corrected chi connectivity index (χ3v) is 6.17. The molecule has 1 unspecified atom stereocenters. The van der Waals surface area contributed by atoms with Gasteiger partial charge in [-0.25, -0.2) is 9.97 Å². The summed E-state index contributed by atoms with van der Waals surface area (Å²) >= 11 is 0. The van der Waals surface area contributed by atoms with Crippen LogP contribution in [0, 0.1) is 11.3 Å². The highest BCUT2D eigenvalue weighted by Crippen LogP contribution is 2.31. The zero-order valence-corrected chi connectivity index (χ0v) is 19.6. The number of hydrogen-bond acceptors (Lipinski definition) is 9. The molecule has 0 radical (unpaired) electrons. The number of anilines is 1. The molecule has 5 rings (SSSR count). The molecular formula is C26H26N8O. The van der Waals surface area contributed by atoms with Gasteiger partial charge < -0.3 is 20.9 Å². The number of nitrogens with one attached hydrogen (secondary N) is 2. The summed E-state index contributed by atoms with van der Waals surface area (Å²) in [6.45, 7) is 6.50. The second-order valence-electron chi connectivity index (χ2n) is 9.06. The Morgan fingerprint density at radius 3 is 2.63 bits per heavy atom. The Bertz CT molecular complexity index is 1380. The van der Waals surface area contributed by atoms with Crippen LogP contribution < -0.4 is 16.4 Å². The molecule has 1 saturated heterocycles. The smallest absolute Gasteiger partial charge is 0.189 e. The number of piperazine rings is 1. The minimum absolute atomic E-state index is 0.245. The topological polar surface area (TPSA) is 139 Å². The van der Waals surface area contributed by atoms with E-state index in [1.165, 1.54) is 5.56 Å². The summed E-state index contributed by atoms with van der Waals surface area (Å²) < 4.78 is 5.61. The van der Waals surface area contributed by atoms with Crippen LogP contribution in [0.5, 0.6) is 0 Å². The van der Waals surface area contributed by atoms with Crippen LogP contribution in [0.15, 0.2) is 59.4 Å². The van der Waals surface area contributed by atoms with Crippen molar-refractivity contribution in [2.75, 3.05) is 25.4 Å². The van der Waals surface area contributed by atoms with Gasteiger partial charge >= 0.3 is 0 Å². The highest BCUT2D eigenvalue weighted by molar-refractivity contribution is 5.73. The first-order valence-electron chi connectivity index (χ1n) is 11.5. The molecule has 1 aromatic carbocycles. The van der Waals surface area contributed by atoms with Gasteiger partial charge in [0.05, 0.1) is 29.1 Å². The van der Waals surface area contributed by atoms with Crippen LogP contribution in [-0.4, -0.2) is 39.7 Å². The second-order valence-corrected chi connectivity index (χ2v) is 9.06. The highest BCUT2D eigenvalue weighted by Gasteiger charge is 2.23. The number of hydrogen-bond donors (Lipinski definition) is 3.